The van der Waals surface area contributed by atoms with Gasteiger partial charge in [-0.1, -0.05) is 42.5 Å². The maximum atomic E-state index is 13.1. The van der Waals surface area contributed by atoms with Gasteiger partial charge in [-0.15, -0.1) is 0 Å². The molecule has 5 rings (SSSR count). The van der Waals surface area contributed by atoms with Gasteiger partial charge in [-0.25, -0.2) is 9.97 Å². The van der Waals surface area contributed by atoms with Crippen molar-refractivity contribution in [3.05, 3.63) is 121 Å². The summed E-state index contributed by atoms with van der Waals surface area (Å²) in [6.07, 6.45) is 1.59. The summed E-state index contributed by atoms with van der Waals surface area (Å²) in [6.45, 7) is 0. The molecular formula is C28H20N4O3. The van der Waals surface area contributed by atoms with E-state index in [1.807, 2.05) is 48.5 Å². The van der Waals surface area contributed by atoms with Crippen LogP contribution in [0.4, 0.5) is 11.5 Å². The molecule has 2 aromatic heterocycles. The topological polar surface area (TPSA) is 97.1 Å². The molecular weight excluding hydrogens is 440 g/mol. The standard InChI is InChI=1S/C28H20N4O3/c33-26(20-9-3-1-4-10-20)30-22-16-14-19(15-17-22)25-24(27(34)31-23-13-7-8-18-29-23)32-28(35-25)21-11-5-2-6-12-21/h1-18H,(H,30,33)(H,29,31,34). The molecule has 0 aliphatic heterocycles. The molecule has 0 spiro atoms. The molecule has 0 fully saturated rings. The molecule has 35 heavy (non-hydrogen) atoms. The van der Waals surface area contributed by atoms with Crippen LogP contribution < -0.4 is 10.6 Å². The van der Waals surface area contributed by atoms with Crippen molar-refractivity contribution in [3.63, 3.8) is 0 Å². The first kappa shape index (κ1) is 21.8. The smallest absolute Gasteiger partial charge is 0.279 e. The Morgan fingerprint density at radius 3 is 2.03 bits per heavy atom. The number of nitrogens with zero attached hydrogens (tertiary/aromatic N) is 2. The number of aromatic nitrogens is 2. The van der Waals surface area contributed by atoms with E-state index in [1.54, 1.807) is 60.8 Å². The van der Waals surface area contributed by atoms with Crippen LogP contribution in [0.2, 0.25) is 0 Å². The lowest BCUT2D eigenvalue weighted by Gasteiger charge is -2.07. The van der Waals surface area contributed by atoms with Crippen molar-refractivity contribution < 1.29 is 14.0 Å². The van der Waals surface area contributed by atoms with E-state index in [2.05, 4.69) is 20.6 Å². The molecule has 0 aliphatic carbocycles. The molecule has 170 valence electrons. The zero-order valence-electron chi connectivity index (χ0n) is 18.5. The van der Waals surface area contributed by atoms with E-state index in [1.165, 1.54) is 0 Å². The molecule has 7 nitrogen and oxygen atoms in total. The summed E-state index contributed by atoms with van der Waals surface area (Å²) in [7, 11) is 0. The van der Waals surface area contributed by atoms with Gasteiger partial charge in [-0.05, 0) is 60.7 Å². The van der Waals surface area contributed by atoms with Crippen LogP contribution in [0.1, 0.15) is 20.8 Å². The second-order valence-corrected chi connectivity index (χ2v) is 7.63. The molecule has 2 heterocycles. The molecule has 0 bridgehead atoms. The van der Waals surface area contributed by atoms with E-state index in [0.29, 0.717) is 34.3 Å². The minimum atomic E-state index is -0.439. The molecule has 0 saturated carbocycles. The number of nitrogens with one attached hydrogen (secondary N) is 2. The summed E-state index contributed by atoms with van der Waals surface area (Å²) in [4.78, 5) is 34.2. The molecule has 0 radical (unpaired) electrons. The highest BCUT2D eigenvalue weighted by Gasteiger charge is 2.23. The molecule has 5 aromatic rings. The van der Waals surface area contributed by atoms with Crippen LogP contribution in [0.3, 0.4) is 0 Å². The van der Waals surface area contributed by atoms with Gasteiger partial charge in [0, 0.05) is 28.6 Å². The third kappa shape index (κ3) is 4.99. The van der Waals surface area contributed by atoms with Crippen molar-refractivity contribution in [2.75, 3.05) is 10.6 Å². The van der Waals surface area contributed by atoms with Crippen molar-refractivity contribution in [2.24, 2.45) is 0 Å². The van der Waals surface area contributed by atoms with Crippen LogP contribution in [-0.2, 0) is 0 Å². The predicted octanol–water partition coefficient (Wildman–Crippen LogP) is 5.91. The van der Waals surface area contributed by atoms with Gasteiger partial charge < -0.3 is 15.1 Å². The van der Waals surface area contributed by atoms with Crippen molar-refractivity contribution in [1.29, 1.82) is 0 Å². The van der Waals surface area contributed by atoms with E-state index in [-0.39, 0.29) is 11.6 Å². The Labute approximate surface area is 201 Å². The highest BCUT2D eigenvalue weighted by atomic mass is 16.4. The Morgan fingerprint density at radius 2 is 1.34 bits per heavy atom. The fraction of sp³-hybridized carbons (Fsp3) is 0. The third-order valence-electron chi connectivity index (χ3n) is 5.21. The Hall–Kier alpha value is -5.04. The fourth-order valence-electron chi connectivity index (χ4n) is 3.48. The van der Waals surface area contributed by atoms with Gasteiger partial charge in [-0.2, -0.15) is 0 Å². The Kier molecular flexibility index (Phi) is 6.13. The van der Waals surface area contributed by atoms with Gasteiger partial charge in [0.05, 0.1) is 0 Å². The summed E-state index contributed by atoms with van der Waals surface area (Å²) in [5.41, 5.74) is 2.70. The molecule has 0 unspecified atom stereocenters. The minimum Gasteiger partial charge on any atom is -0.435 e. The number of oxazole rings is 1. The maximum Gasteiger partial charge on any atom is 0.279 e. The van der Waals surface area contributed by atoms with Gasteiger partial charge >= 0.3 is 0 Å². The van der Waals surface area contributed by atoms with E-state index in [0.717, 1.165) is 5.56 Å². The van der Waals surface area contributed by atoms with Crippen LogP contribution in [0.15, 0.2) is 114 Å². The quantitative estimate of drug-likeness (QED) is 0.328. The normalized spacial score (nSPS) is 10.5. The Bertz CT molecular complexity index is 1450. The van der Waals surface area contributed by atoms with Gasteiger partial charge in [-0.3, -0.25) is 9.59 Å². The largest absolute Gasteiger partial charge is 0.435 e. The number of carbonyl (C=O) groups excluding carboxylic acids is 2. The van der Waals surface area contributed by atoms with Gasteiger partial charge in [0.1, 0.15) is 5.82 Å². The summed E-state index contributed by atoms with van der Waals surface area (Å²) >= 11 is 0. The van der Waals surface area contributed by atoms with E-state index < -0.39 is 5.91 Å². The second-order valence-electron chi connectivity index (χ2n) is 7.63. The number of anilines is 2. The van der Waals surface area contributed by atoms with Gasteiger partial charge in [0.2, 0.25) is 5.89 Å². The SMILES string of the molecule is O=C(Nc1ccc(-c2oc(-c3ccccc3)nc2C(=O)Nc2ccccn2)cc1)c1ccccc1. The lowest BCUT2D eigenvalue weighted by Crippen LogP contribution is -2.14. The number of rotatable bonds is 6. The molecule has 2 amide bonds. The van der Waals surface area contributed by atoms with E-state index in [4.69, 9.17) is 4.42 Å². The Balaban J connectivity index is 1.45. The van der Waals surface area contributed by atoms with Gasteiger partial charge in [0.15, 0.2) is 11.5 Å². The number of hydrogen-bond donors (Lipinski definition) is 2. The van der Waals surface area contributed by atoms with Crippen molar-refractivity contribution in [3.8, 4) is 22.8 Å². The fourth-order valence-corrected chi connectivity index (χ4v) is 3.48. The number of amides is 2. The molecule has 0 atom stereocenters. The first-order valence-corrected chi connectivity index (χ1v) is 10.9. The lowest BCUT2D eigenvalue weighted by atomic mass is 10.1. The summed E-state index contributed by atoms with van der Waals surface area (Å²) in [5, 5.41) is 5.62. The highest BCUT2D eigenvalue weighted by molar-refractivity contribution is 6.07. The third-order valence-corrected chi connectivity index (χ3v) is 5.21. The van der Waals surface area contributed by atoms with Crippen LogP contribution in [-0.4, -0.2) is 21.8 Å². The lowest BCUT2D eigenvalue weighted by molar-refractivity contribution is 0.101. The predicted molar refractivity (Wildman–Crippen MR) is 134 cm³/mol. The summed E-state index contributed by atoms with van der Waals surface area (Å²) < 4.78 is 6.06. The average molecular weight is 460 g/mol. The van der Waals surface area contributed by atoms with Gasteiger partial charge in [0.25, 0.3) is 11.8 Å². The number of benzene rings is 3. The average Bonchev–Trinajstić information content (AvgIpc) is 3.37. The molecule has 7 heteroatoms. The van der Waals surface area contributed by atoms with Crippen molar-refractivity contribution in [1.82, 2.24) is 9.97 Å². The molecule has 3 aromatic carbocycles. The van der Waals surface area contributed by atoms with Crippen LogP contribution in [0.25, 0.3) is 22.8 Å². The number of carbonyl (C=O) groups is 2. The van der Waals surface area contributed by atoms with E-state index in [9.17, 15) is 9.59 Å². The summed E-state index contributed by atoms with van der Waals surface area (Å²) in [5.74, 6) is 0.407. The molecule has 0 saturated heterocycles. The summed E-state index contributed by atoms with van der Waals surface area (Å²) in [6, 6.07) is 30.6. The minimum absolute atomic E-state index is 0.135. The van der Waals surface area contributed by atoms with Crippen LogP contribution in [0.5, 0.6) is 0 Å². The number of hydrogen-bond acceptors (Lipinski definition) is 5. The van der Waals surface area contributed by atoms with E-state index >= 15 is 0 Å². The van der Waals surface area contributed by atoms with Crippen LogP contribution >= 0.6 is 0 Å². The van der Waals surface area contributed by atoms with Crippen molar-refractivity contribution in [2.45, 2.75) is 0 Å². The second kappa shape index (κ2) is 9.84. The highest BCUT2D eigenvalue weighted by Crippen LogP contribution is 2.31. The monoisotopic (exact) mass is 460 g/mol. The maximum absolute atomic E-state index is 13.1. The van der Waals surface area contributed by atoms with Crippen LogP contribution in [0, 0.1) is 0 Å². The first-order valence-electron chi connectivity index (χ1n) is 10.9. The van der Waals surface area contributed by atoms with Crippen molar-refractivity contribution >= 4 is 23.3 Å². The molecule has 2 N–H and O–H groups in total. The zero-order chi connectivity index (χ0) is 24.0. The first-order chi connectivity index (χ1) is 17.2. The zero-order valence-corrected chi connectivity index (χ0v) is 18.5. The Morgan fingerprint density at radius 1 is 0.657 bits per heavy atom. The number of pyridine rings is 1. The molecule has 0 aliphatic rings.